The molecule has 0 saturated heterocycles. The molecule has 0 fully saturated rings. The molecule has 0 bridgehead atoms. The molecular formula is C20H17ClN4S. The maximum absolute atomic E-state index is 9.42. The zero-order chi connectivity index (χ0) is 18.5. The van der Waals surface area contributed by atoms with Crippen molar-refractivity contribution in [2.75, 3.05) is 5.73 Å². The van der Waals surface area contributed by atoms with Gasteiger partial charge in [-0.2, -0.15) is 5.26 Å². The Morgan fingerprint density at radius 2 is 1.85 bits per heavy atom. The highest BCUT2D eigenvalue weighted by atomic mass is 35.5. The molecule has 0 unspecified atom stereocenters. The lowest BCUT2D eigenvalue weighted by Gasteiger charge is -2.09. The molecule has 0 aliphatic heterocycles. The van der Waals surface area contributed by atoms with E-state index in [0.29, 0.717) is 27.9 Å². The lowest BCUT2D eigenvalue weighted by molar-refractivity contribution is 0.902. The van der Waals surface area contributed by atoms with Gasteiger partial charge in [0, 0.05) is 17.2 Å². The van der Waals surface area contributed by atoms with Crippen molar-refractivity contribution in [3.05, 3.63) is 81.5 Å². The summed E-state index contributed by atoms with van der Waals surface area (Å²) in [5.74, 6) is 0.969. The Labute approximate surface area is 162 Å². The average Bonchev–Trinajstić information content (AvgIpc) is 2.63. The van der Waals surface area contributed by atoms with Gasteiger partial charge in [0.15, 0.2) is 5.16 Å². The van der Waals surface area contributed by atoms with Crippen LogP contribution >= 0.6 is 23.4 Å². The van der Waals surface area contributed by atoms with Crippen molar-refractivity contribution in [2.45, 2.75) is 24.3 Å². The van der Waals surface area contributed by atoms with Gasteiger partial charge in [0.25, 0.3) is 0 Å². The molecule has 4 nitrogen and oxygen atoms in total. The van der Waals surface area contributed by atoms with Crippen LogP contribution in [-0.2, 0) is 12.2 Å². The summed E-state index contributed by atoms with van der Waals surface area (Å²) >= 11 is 7.45. The van der Waals surface area contributed by atoms with Gasteiger partial charge in [0.1, 0.15) is 17.5 Å². The summed E-state index contributed by atoms with van der Waals surface area (Å²) < 4.78 is 0. The van der Waals surface area contributed by atoms with Crippen molar-refractivity contribution in [3.8, 4) is 6.07 Å². The maximum Gasteiger partial charge on any atom is 0.190 e. The second kappa shape index (κ2) is 8.22. The molecule has 0 saturated carbocycles. The molecule has 1 heterocycles. The predicted octanol–water partition coefficient (Wildman–Crippen LogP) is 4.78. The lowest BCUT2D eigenvalue weighted by Crippen LogP contribution is -2.06. The molecule has 26 heavy (non-hydrogen) atoms. The normalized spacial score (nSPS) is 10.5. The SMILES string of the molecule is Cc1ccccc1CSc1nc(N)c(C#N)c(Cc2ccc(Cl)cc2)n1. The summed E-state index contributed by atoms with van der Waals surface area (Å²) in [7, 11) is 0. The topological polar surface area (TPSA) is 75.6 Å². The van der Waals surface area contributed by atoms with E-state index in [1.807, 2.05) is 36.4 Å². The smallest absolute Gasteiger partial charge is 0.190 e. The van der Waals surface area contributed by atoms with Gasteiger partial charge in [0.2, 0.25) is 0 Å². The third-order valence-electron chi connectivity index (χ3n) is 4.01. The average molecular weight is 381 g/mol. The van der Waals surface area contributed by atoms with Gasteiger partial charge >= 0.3 is 0 Å². The maximum atomic E-state index is 9.42. The third kappa shape index (κ3) is 4.34. The van der Waals surface area contributed by atoms with Crippen LogP contribution in [0.5, 0.6) is 0 Å². The summed E-state index contributed by atoms with van der Waals surface area (Å²) in [6.45, 7) is 2.08. The summed E-state index contributed by atoms with van der Waals surface area (Å²) in [4.78, 5) is 8.87. The first-order valence-electron chi connectivity index (χ1n) is 8.05. The minimum absolute atomic E-state index is 0.221. The molecule has 0 spiro atoms. The number of thioether (sulfide) groups is 1. The predicted molar refractivity (Wildman–Crippen MR) is 106 cm³/mol. The Morgan fingerprint density at radius 3 is 2.54 bits per heavy atom. The number of aromatic nitrogens is 2. The highest BCUT2D eigenvalue weighted by molar-refractivity contribution is 7.98. The number of nitrogen functional groups attached to an aromatic ring is 1. The Hall–Kier alpha value is -2.55. The first-order valence-corrected chi connectivity index (χ1v) is 9.41. The van der Waals surface area contributed by atoms with Crippen LogP contribution in [0, 0.1) is 18.3 Å². The van der Waals surface area contributed by atoms with Gasteiger partial charge in [-0.15, -0.1) is 0 Å². The first-order chi connectivity index (χ1) is 12.6. The number of nitrogens with two attached hydrogens (primary N) is 1. The van der Waals surface area contributed by atoms with E-state index in [2.05, 4.69) is 35.1 Å². The van der Waals surface area contributed by atoms with E-state index in [-0.39, 0.29) is 5.82 Å². The minimum Gasteiger partial charge on any atom is -0.382 e. The molecule has 0 atom stereocenters. The highest BCUT2D eigenvalue weighted by Crippen LogP contribution is 2.25. The molecule has 0 radical (unpaired) electrons. The Bertz CT molecular complexity index is 965. The van der Waals surface area contributed by atoms with Gasteiger partial charge in [-0.25, -0.2) is 9.97 Å². The first kappa shape index (κ1) is 18.2. The van der Waals surface area contributed by atoms with E-state index < -0.39 is 0 Å². The van der Waals surface area contributed by atoms with E-state index in [1.165, 1.54) is 22.9 Å². The highest BCUT2D eigenvalue weighted by Gasteiger charge is 2.14. The Kier molecular flexibility index (Phi) is 5.77. The van der Waals surface area contributed by atoms with Crippen molar-refractivity contribution >= 4 is 29.2 Å². The van der Waals surface area contributed by atoms with E-state index in [0.717, 1.165) is 11.3 Å². The number of anilines is 1. The third-order valence-corrected chi connectivity index (χ3v) is 5.15. The van der Waals surface area contributed by atoms with Crippen LogP contribution in [0.1, 0.15) is 27.9 Å². The molecule has 3 rings (SSSR count). The monoisotopic (exact) mass is 380 g/mol. The lowest BCUT2D eigenvalue weighted by atomic mass is 10.1. The molecule has 0 aliphatic carbocycles. The number of hydrogen-bond acceptors (Lipinski definition) is 5. The summed E-state index contributed by atoms with van der Waals surface area (Å²) in [5.41, 5.74) is 10.4. The molecule has 2 N–H and O–H groups in total. The number of hydrogen-bond donors (Lipinski definition) is 1. The number of nitriles is 1. The Balaban J connectivity index is 1.85. The van der Waals surface area contributed by atoms with Crippen LogP contribution in [0.15, 0.2) is 53.7 Å². The summed E-state index contributed by atoms with van der Waals surface area (Å²) in [6.07, 6.45) is 0.505. The summed E-state index contributed by atoms with van der Waals surface area (Å²) in [6, 6.07) is 17.8. The minimum atomic E-state index is 0.221. The van der Waals surface area contributed by atoms with E-state index in [1.54, 1.807) is 0 Å². The molecule has 130 valence electrons. The molecule has 0 aliphatic rings. The van der Waals surface area contributed by atoms with Crippen LogP contribution < -0.4 is 5.73 Å². The van der Waals surface area contributed by atoms with Crippen molar-refractivity contribution in [3.63, 3.8) is 0 Å². The number of halogens is 1. The fraction of sp³-hybridized carbons (Fsp3) is 0.150. The number of rotatable bonds is 5. The van der Waals surface area contributed by atoms with Crippen molar-refractivity contribution in [2.24, 2.45) is 0 Å². The zero-order valence-corrected chi connectivity index (χ0v) is 15.8. The summed E-state index contributed by atoms with van der Waals surface area (Å²) in [5, 5.41) is 10.7. The Morgan fingerprint density at radius 1 is 1.12 bits per heavy atom. The zero-order valence-electron chi connectivity index (χ0n) is 14.2. The molecule has 6 heteroatoms. The fourth-order valence-corrected chi connectivity index (χ4v) is 3.60. The quantitative estimate of drug-likeness (QED) is 0.509. The van der Waals surface area contributed by atoms with Crippen molar-refractivity contribution in [1.29, 1.82) is 5.26 Å². The van der Waals surface area contributed by atoms with Crippen LogP contribution in [0.3, 0.4) is 0 Å². The number of aryl methyl sites for hydroxylation is 1. The largest absolute Gasteiger partial charge is 0.382 e. The van der Waals surface area contributed by atoms with Crippen LogP contribution in [0.4, 0.5) is 5.82 Å². The fourth-order valence-electron chi connectivity index (χ4n) is 2.53. The van der Waals surface area contributed by atoms with E-state index in [4.69, 9.17) is 17.3 Å². The van der Waals surface area contributed by atoms with E-state index >= 15 is 0 Å². The molecule has 2 aromatic carbocycles. The van der Waals surface area contributed by atoms with Gasteiger partial charge < -0.3 is 5.73 Å². The van der Waals surface area contributed by atoms with Gasteiger partial charge in [-0.05, 0) is 35.7 Å². The van der Waals surface area contributed by atoms with Crippen LogP contribution in [0.25, 0.3) is 0 Å². The molecule has 1 aromatic heterocycles. The molecule has 0 amide bonds. The molecular weight excluding hydrogens is 364 g/mol. The standard InChI is InChI=1S/C20H17ClN4S/c1-13-4-2-3-5-15(13)12-26-20-24-18(17(11-22)19(23)25-20)10-14-6-8-16(21)9-7-14/h2-9H,10,12H2,1H3,(H2,23,24,25). The van der Waals surface area contributed by atoms with Gasteiger partial charge in [0.05, 0.1) is 5.69 Å². The van der Waals surface area contributed by atoms with E-state index in [9.17, 15) is 5.26 Å². The van der Waals surface area contributed by atoms with Crippen molar-refractivity contribution in [1.82, 2.24) is 9.97 Å². The van der Waals surface area contributed by atoms with Crippen LogP contribution in [0.2, 0.25) is 5.02 Å². The second-order valence-corrected chi connectivity index (χ2v) is 7.22. The van der Waals surface area contributed by atoms with Crippen LogP contribution in [-0.4, -0.2) is 9.97 Å². The number of benzene rings is 2. The second-order valence-electron chi connectivity index (χ2n) is 5.84. The molecule has 3 aromatic rings. The van der Waals surface area contributed by atoms with Gasteiger partial charge in [-0.3, -0.25) is 0 Å². The number of nitrogens with zero attached hydrogens (tertiary/aromatic N) is 3. The van der Waals surface area contributed by atoms with Crippen molar-refractivity contribution < 1.29 is 0 Å². The van der Waals surface area contributed by atoms with Gasteiger partial charge in [-0.1, -0.05) is 59.8 Å².